The number of hydrogen-bond donors (Lipinski definition) is 1. The summed E-state index contributed by atoms with van der Waals surface area (Å²) in [6.45, 7) is 6.39. The molecule has 0 saturated carbocycles. The SMILES string of the molecule is CCC(N)C(CC)(CC)Oc1ccccc1. The van der Waals surface area contributed by atoms with E-state index in [2.05, 4.69) is 20.8 Å². The Morgan fingerprint density at radius 1 is 1.12 bits per heavy atom. The zero-order valence-corrected chi connectivity index (χ0v) is 10.6. The maximum atomic E-state index is 6.20. The van der Waals surface area contributed by atoms with Gasteiger partial charge in [0.15, 0.2) is 0 Å². The smallest absolute Gasteiger partial charge is 0.123 e. The predicted octanol–water partition coefficient (Wildman–Crippen LogP) is 3.36. The summed E-state index contributed by atoms with van der Waals surface area (Å²) in [6, 6.07) is 10.0. The zero-order valence-electron chi connectivity index (χ0n) is 10.6. The third kappa shape index (κ3) is 2.76. The van der Waals surface area contributed by atoms with Gasteiger partial charge < -0.3 is 10.5 Å². The summed E-state index contributed by atoms with van der Waals surface area (Å²) in [5, 5.41) is 0. The quantitative estimate of drug-likeness (QED) is 0.799. The lowest BCUT2D eigenvalue weighted by Gasteiger charge is -2.37. The van der Waals surface area contributed by atoms with E-state index in [0.29, 0.717) is 0 Å². The van der Waals surface area contributed by atoms with E-state index in [4.69, 9.17) is 10.5 Å². The Bertz CT molecular complexity index is 293. The van der Waals surface area contributed by atoms with Crippen molar-refractivity contribution in [1.29, 1.82) is 0 Å². The summed E-state index contributed by atoms with van der Waals surface area (Å²) >= 11 is 0. The van der Waals surface area contributed by atoms with Gasteiger partial charge in [0.1, 0.15) is 11.4 Å². The molecule has 16 heavy (non-hydrogen) atoms. The van der Waals surface area contributed by atoms with E-state index >= 15 is 0 Å². The Hall–Kier alpha value is -1.02. The molecule has 0 aliphatic rings. The highest BCUT2D eigenvalue weighted by Crippen LogP contribution is 2.28. The highest BCUT2D eigenvalue weighted by Gasteiger charge is 2.34. The van der Waals surface area contributed by atoms with E-state index in [1.165, 1.54) is 0 Å². The van der Waals surface area contributed by atoms with Gasteiger partial charge >= 0.3 is 0 Å². The first-order valence-corrected chi connectivity index (χ1v) is 6.18. The number of rotatable bonds is 6. The summed E-state index contributed by atoms with van der Waals surface area (Å²) in [5.41, 5.74) is 5.97. The number of benzene rings is 1. The second kappa shape index (κ2) is 5.90. The molecule has 0 radical (unpaired) electrons. The summed E-state index contributed by atoms with van der Waals surface area (Å²) in [6.07, 6.45) is 2.81. The standard InChI is InChI=1S/C14H23NO/c1-4-13(15)14(5-2,6-3)16-12-10-8-7-9-11-12/h7-11,13H,4-6,15H2,1-3H3. The number of para-hydroxylation sites is 1. The summed E-state index contributed by atoms with van der Waals surface area (Å²) in [5.74, 6) is 0.912. The minimum atomic E-state index is -0.226. The van der Waals surface area contributed by atoms with E-state index in [1.807, 2.05) is 30.3 Å². The van der Waals surface area contributed by atoms with Gasteiger partial charge in [0.2, 0.25) is 0 Å². The molecule has 0 amide bonds. The van der Waals surface area contributed by atoms with Gasteiger partial charge in [-0.05, 0) is 31.4 Å². The second-order valence-electron chi connectivity index (χ2n) is 4.20. The Morgan fingerprint density at radius 2 is 1.69 bits per heavy atom. The van der Waals surface area contributed by atoms with Crippen molar-refractivity contribution in [1.82, 2.24) is 0 Å². The largest absolute Gasteiger partial charge is 0.486 e. The number of nitrogens with two attached hydrogens (primary N) is 1. The van der Waals surface area contributed by atoms with Gasteiger partial charge in [0.25, 0.3) is 0 Å². The molecule has 0 fully saturated rings. The van der Waals surface area contributed by atoms with Crippen LogP contribution in [0.25, 0.3) is 0 Å². The Balaban J connectivity index is 2.86. The van der Waals surface area contributed by atoms with Crippen LogP contribution in [0.15, 0.2) is 30.3 Å². The van der Waals surface area contributed by atoms with Crippen LogP contribution < -0.4 is 10.5 Å². The first-order valence-electron chi connectivity index (χ1n) is 6.18. The van der Waals surface area contributed by atoms with E-state index in [1.54, 1.807) is 0 Å². The molecule has 0 saturated heterocycles. The molecule has 2 heteroatoms. The molecule has 2 N–H and O–H groups in total. The maximum absolute atomic E-state index is 6.20. The zero-order chi connectivity index (χ0) is 12.0. The van der Waals surface area contributed by atoms with Gasteiger partial charge in [-0.25, -0.2) is 0 Å². The molecule has 1 aromatic rings. The molecule has 0 aromatic heterocycles. The van der Waals surface area contributed by atoms with Crippen molar-refractivity contribution in [2.75, 3.05) is 0 Å². The van der Waals surface area contributed by atoms with Gasteiger partial charge in [-0.3, -0.25) is 0 Å². The van der Waals surface area contributed by atoms with Crippen molar-refractivity contribution in [3.05, 3.63) is 30.3 Å². The highest BCUT2D eigenvalue weighted by molar-refractivity contribution is 5.22. The molecule has 0 bridgehead atoms. The van der Waals surface area contributed by atoms with Crippen LogP contribution in [0.1, 0.15) is 40.0 Å². The molecule has 0 aliphatic heterocycles. The minimum Gasteiger partial charge on any atom is -0.486 e. The third-order valence-electron chi connectivity index (χ3n) is 3.38. The van der Waals surface area contributed by atoms with Crippen LogP contribution in [0.5, 0.6) is 5.75 Å². The van der Waals surface area contributed by atoms with Crippen LogP contribution in [0.4, 0.5) is 0 Å². The fourth-order valence-electron chi connectivity index (χ4n) is 2.09. The molecule has 1 aromatic carbocycles. The highest BCUT2D eigenvalue weighted by atomic mass is 16.5. The monoisotopic (exact) mass is 221 g/mol. The normalized spacial score (nSPS) is 13.5. The molecular formula is C14H23NO. The first-order chi connectivity index (χ1) is 7.68. The van der Waals surface area contributed by atoms with Crippen molar-refractivity contribution in [2.45, 2.75) is 51.7 Å². The van der Waals surface area contributed by atoms with Gasteiger partial charge in [-0.2, -0.15) is 0 Å². The van der Waals surface area contributed by atoms with Crippen molar-refractivity contribution in [3.63, 3.8) is 0 Å². The fraction of sp³-hybridized carbons (Fsp3) is 0.571. The lowest BCUT2D eigenvalue weighted by molar-refractivity contribution is 0.0319. The Morgan fingerprint density at radius 3 is 2.12 bits per heavy atom. The van der Waals surface area contributed by atoms with Crippen LogP contribution in [-0.4, -0.2) is 11.6 Å². The lowest BCUT2D eigenvalue weighted by Crippen LogP contribution is -2.51. The first kappa shape index (κ1) is 13.0. The van der Waals surface area contributed by atoms with Crippen molar-refractivity contribution < 1.29 is 4.74 Å². The average molecular weight is 221 g/mol. The van der Waals surface area contributed by atoms with Gasteiger partial charge in [0.05, 0.1) is 0 Å². The molecule has 2 nitrogen and oxygen atoms in total. The Kier molecular flexibility index (Phi) is 4.81. The van der Waals surface area contributed by atoms with E-state index in [9.17, 15) is 0 Å². The molecule has 0 aliphatic carbocycles. The average Bonchev–Trinajstić information content (AvgIpc) is 2.36. The van der Waals surface area contributed by atoms with Crippen LogP contribution in [-0.2, 0) is 0 Å². The lowest BCUT2D eigenvalue weighted by atomic mass is 9.87. The molecule has 1 atom stereocenters. The van der Waals surface area contributed by atoms with Crippen LogP contribution in [0.2, 0.25) is 0 Å². The van der Waals surface area contributed by atoms with Crippen LogP contribution in [0, 0.1) is 0 Å². The molecule has 90 valence electrons. The topological polar surface area (TPSA) is 35.2 Å². The summed E-state index contributed by atoms with van der Waals surface area (Å²) < 4.78 is 6.13. The maximum Gasteiger partial charge on any atom is 0.123 e. The van der Waals surface area contributed by atoms with E-state index < -0.39 is 0 Å². The number of ether oxygens (including phenoxy) is 1. The summed E-state index contributed by atoms with van der Waals surface area (Å²) in [7, 11) is 0. The van der Waals surface area contributed by atoms with Gasteiger partial charge in [0, 0.05) is 6.04 Å². The fourth-order valence-corrected chi connectivity index (χ4v) is 2.09. The van der Waals surface area contributed by atoms with Gasteiger partial charge in [-0.15, -0.1) is 0 Å². The molecule has 0 spiro atoms. The van der Waals surface area contributed by atoms with E-state index in [0.717, 1.165) is 25.0 Å². The van der Waals surface area contributed by atoms with Crippen molar-refractivity contribution in [2.24, 2.45) is 5.73 Å². The molecule has 1 unspecified atom stereocenters. The van der Waals surface area contributed by atoms with Crippen molar-refractivity contribution in [3.8, 4) is 5.75 Å². The van der Waals surface area contributed by atoms with Crippen LogP contribution in [0.3, 0.4) is 0 Å². The minimum absolute atomic E-state index is 0.0858. The third-order valence-corrected chi connectivity index (χ3v) is 3.38. The predicted molar refractivity (Wildman–Crippen MR) is 68.6 cm³/mol. The van der Waals surface area contributed by atoms with E-state index in [-0.39, 0.29) is 11.6 Å². The molecule has 0 heterocycles. The molecule has 1 rings (SSSR count). The van der Waals surface area contributed by atoms with Crippen LogP contribution >= 0.6 is 0 Å². The molecular weight excluding hydrogens is 198 g/mol. The summed E-state index contributed by atoms with van der Waals surface area (Å²) in [4.78, 5) is 0. The van der Waals surface area contributed by atoms with Gasteiger partial charge in [-0.1, -0.05) is 39.0 Å². The Labute approximate surface area is 98.8 Å². The van der Waals surface area contributed by atoms with Crippen molar-refractivity contribution >= 4 is 0 Å². The number of hydrogen-bond acceptors (Lipinski definition) is 2. The second-order valence-corrected chi connectivity index (χ2v) is 4.20.